The van der Waals surface area contributed by atoms with Crippen LogP contribution in [0.2, 0.25) is 0 Å². The zero-order valence-corrected chi connectivity index (χ0v) is 10.3. The third-order valence-electron chi connectivity index (χ3n) is 4.31. The summed E-state index contributed by atoms with van der Waals surface area (Å²) in [5, 5.41) is 3.65. The van der Waals surface area contributed by atoms with E-state index in [1.165, 1.54) is 51.7 Å². The van der Waals surface area contributed by atoms with Crippen molar-refractivity contribution in [2.75, 3.05) is 19.6 Å². The van der Waals surface area contributed by atoms with Crippen LogP contribution in [0.25, 0.3) is 0 Å². The standard InChI is InChI=1S/C13H26N2/c1-11-7-8-14-13(11)10-15-9-5-3-4-6-12(15)2/h11-14H,3-10H2,1-2H3. The van der Waals surface area contributed by atoms with Gasteiger partial charge in [0.2, 0.25) is 0 Å². The first-order valence-electron chi connectivity index (χ1n) is 6.75. The molecule has 0 radical (unpaired) electrons. The summed E-state index contributed by atoms with van der Waals surface area (Å²) in [4.78, 5) is 2.71. The number of likely N-dealkylation sites (tertiary alicyclic amines) is 1. The van der Waals surface area contributed by atoms with Crippen LogP contribution in [0.15, 0.2) is 0 Å². The molecule has 0 aromatic carbocycles. The fourth-order valence-electron chi connectivity index (χ4n) is 3.00. The van der Waals surface area contributed by atoms with Crippen LogP contribution in [0.1, 0.15) is 46.0 Å². The molecule has 2 saturated heterocycles. The Bertz CT molecular complexity index is 193. The minimum absolute atomic E-state index is 0.755. The van der Waals surface area contributed by atoms with Crippen molar-refractivity contribution < 1.29 is 0 Å². The van der Waals surface area contributed by atoms with Gasteiger partial charge < -0.3 is 5.32 Å². The van der Waals surface area contributed by atoms with Crippen LogP contribution in [-0.2, 0) is 0 Å². The Morgan fingerprint density at radius 1 is 1.13 bits per heavy atom. The Kier molecular flexibility index (Phi) is 4.04. The van der Waals surface area contributed by atoms with E-state index >= 15 is 0 Å². The SMILES string of the molecule is CC1CCNC1CN1CCCCCC1C. The highest BCUT2D eigenvalue weighted by Gasteiger charge is 2.27. The van der Waals surface area contributed by atoms with Crippen molar-refractivity contribution in [1.29, 1.82) is 0 Å². The fourth-order valence-corrected chi connectivity index (χ4v) is 3.00. The van der Waals surface area contributed by atoms with Gasteiger partial charge in [-0.3, -0.25) is 4.90 Å². The van der Waals surface area contributed by atoms with Crippen LogP contribution in [0, 0.1) is 5.92 Å². The zero-order chi connectivity index (χ0) is 10.7. The quantitative estimate of drug-likeness (QED) is 0.752. The van der Waals surface area contributed by atoms with Crippen LogP contribution < -0.4 is 5.32 Å². The maximum absolute atomic E-state index is 3.65. The third kappa shape index (κ3) is 2.94. The predicted octanol–water partition coefficient (Wildman–Crippen LogP) is 2.25. The lowest BCUT2D eigenvalue weighted by Gasteiger charge is -2.31. The van der Waals surface area contributed by atoms with Gasteiger partial charge in [-0.05, 0) is 45.2 Å². The number of hydrogen-bond acceptors (Lipinski definition) is 2. The number of hydrogen-bond donors (Lipinski definition) is 1. The summed E-state index contributed by atoms with van der Waals surface area (Å²) in [6.45, 7) is 8.64. The van der Waals surface area contributed by atoms with Crippen molar-refractivity contribution in [2.24, 2.45) is 5.92 Å². The number of nitrogens with zero attached hydrogens (tertiary/aromatic N) is 1. The lowest BCUT2D eigenvalue weighted by atomic mass is 10.0. The van der Waals surface area contributed by atoms with E-state index < -0.39 is 0 Å². The molecule has 88 valence electrons. The van der Waals surface area contributed by atoms with E-state index in [2.05, 4.69) is 24.1 Å². The molecule has 3 unspecified atom stereocenters. The largest absolute Gasteiger partial charge is 0.312 e. The van der Waals surface area contributed by atoms with Crippen LogP contribution in [0.4, 0.5) is 0 Å². The van der Waals surface area contributed by atoms with E-state index in [9.17, 15) is 0 Å². The maximum atomic E-state index is 3.65. The van der Waals surface area contributed by atoms with Gasteiger partial charge in [0.25, 0.3) is 0 Å². The molecule has 2 rings (SSSR count). The molecule has 2 nitrogen and oxygen atoms in total. The second-order valence-corrected chi connectivity index (χ2v) is 5.52. The molecule has 2 heterocycles. The van der Waals surface area contributed by atoms with Crippen LogP contribution >= 0.6 is 0 Å². The molecule has 0 aromatic heterocycles. The van der Waals surface area contributed by atoms with Gasteiger partial charge in [0.1, 0.15) is 0 Å². The second kappa shape index (κ2) is 5.31. The summed E-state index contributed by atoms with van der Waals surface area (Å²) < 4.78 is 0. The highest BCUT2D eigenvalue weighted by Crippen LogP contribution is 2.20. The van der Waals surface area contributed by atoms with Crippen molar-refractivity contribution in [3.63, 3.8) is 0 Å². The van der Waals surface area contributed by atoms with Gasteiger partial charge in [-0.15, -0.1) is 0 Å². The van der Waals surface area contributed by atoms with Crippen molar-refractivity contribution in [3.8, 4) is 0 Å². The van der Waals surface area contributed by atoms with E-state index in [0.29, 0.717) is 0 Å². The molecule has 15 heavy (non-hydrogen) atoms. The van der Waals surface area contributed by atoms with Crippen molar-refractivity contribution in [2.45, 2.75) is 58.0 Å². The van der Waals surface area contributed by atoms with Crippen molar-refractivity contribution >= 4 is 0 Å². The monoisotopic (exact) mass is 210 g/mol. The second-order valence-electron chi connectivity index (χ2n) is 5.52. The maximum Gasteiger partial charge on any atom is 0.0221 e. The summed E-state index contributed by atoms with van der Waals surface area (Å²) >= 11 is 0. The molecular formula is C13H26N2. The summed E-state index contributed by atoms with van der Waals surface area (Å²) in [6.07, 6.45) is 7.05. The highest BCUT2D eigenvalue weighted by molar-refractivity contribution is 4.85. The van der Waals surface area contributed by atoms with Gasteiger partial charge in [0.15, 0.2) is 0 Å². The van der Waals surface area contributed by atoms with Gasteiger partial charge in [0, 0.05) is 18.6 Å². The highest BCUT2D eigenvalue weighted by atomic mass is 15.2. The van der Waals surface area contributed by atoms with Crippen molar-refractivity contribution in [1.82, 2.24) is 10.2 Å². The smallest absolute Gasteiger partial charge is 0.0221 e. The van der Waals surface area contributed by atoms with Crippen LogP contribution in [0.5, 0.6) is 0 Å². The molecule has 0 saturated carbocycles. The van der Waals surface area contributed by atoms with E-state index in [1.54, 1.807) is 0 Å². The Labute approximate surface area is 94.4 Å². The molecule has 1 N–H and O–H groups in total. The third-order valence-corrected chi connectivity index (χ3v) is 4.31. The Morgan fingerprint density at radius 2 is 2.00 bits per heavy atom. The lowest BCUT2D eigenvalue weighted by molar-refractivity contribution is 0.184. The molecule has 2 heteroatoms. The molecule has 2 fully saturated rings. The molecule has 0 spiro atoms. The molecular weight excluding hydrogens is 184 g/mol. The first-order valence-corrected chi connectivity index (χ1v) is 6.75. The molecule has 0 bridgehead atoms. The molecule has 0 aromatic rings. The molecule has 0 amide bonds. The summed E-state index contributed by atoms with van der Waals surface area (Å²) in [5.74, 6) is 0.875. The molecule has 2 aliphatic heterocycles. The van der Waals surface area contributed by atoms with Gasteiger partial charge in [0.05, 0.1) is 0 Å². The van der Waals surface area contributed by atoms with E-state index in [-0.39, 0.29) is 0 Å². The van der Waals surface area contributed by atoms with E-state index in [1.807, 2.05) is 0 Å². The lowest BCUT2D eigenvalue weighted by Crippen LogP contribution is -2.43. The van der Waals surface area contributed by atoms with Gasteiger partial charge in [-0.1, -0.05) is 19.8 Å². The number of nitrogens with one attached hydrogen (secondary N) is 1. The first-order chi connectivity index (χ1) is 7.27. The van der Waals surface area contributed by atoms with Gasteiger partial charge in [-0.2, -0.15) is 0 Å². The molecule has 3 atom stereocenters. The minimum atomic E-state index is 0.755. The molecule has 2 aliphatic rings. The first kappa shape index (κ1) is 11.4. The minimum Gasteiger partial charge on any atom is -0.312 e. The van der Waals surface area contributed by atoms with Gasteiger partial charge in [-0.25, -0.2) is 0 Å². The Morgan fingerprint density at radius 3 is 2.73 bits per heavy atom. The van der Waals surface area contributed by atoms with Gasteiger partial charge >= 0.3 is 0 Å². The Hall–Kier alpha value is -0.0800. The summed E-state index contributed by atoms with van der Waals surface area (Å²) in [5.41, 5.74) is 0. The van der Waals surface area contributed by atoms with Crippen LogP contribution in [0.3, 0.4) is 0 Å². The van der Waals surface area contributed by atoms with Crippen LogP contribution in [-0.4, -0.2) is 36.6 Å². The normalized spacial score (nSPS) is 39.2. The van der Waals surface area contributed by atoms with E-state index in [4.69, 9.17) is 0 Å². The fraction of sp³-hybridized carbons (Fsp3) is 1.00. The van der Waals surface area contributed by atoms with E-state index in [0.717, 1.165) is 18.0 Å². The number of rotatable bonds is 2. The molecule has 0 aliphatic carbocycles. The average molecular weight is 210 g/mol. The predicted molar refractivity (Wildman–Crippen MR) is 65.1 cm³/mol. The average Bonchev–Trinajstić information content (AvgIpc) is 2.50. The Balaban J connectivity index is 1.85. The van der Waals surface area contributed by atoms with Crippen molar-refractivity contribution in [3.05, 3.63) is 0 Å². The summed E-state index contributed by atoms with van der Waals surface area (Å²) in [6, 6.07) is 1.56. The zero-order valence-electron chi connectivity index (χ0n) is 10.3. The topological polar surface area (TPSA) is 15.3 Å². The summed E-state index contributed by atoms with van der Waals surface area (Å²) in [7, 11) is 0.